The third-order valence-corrected chi connectivity index (χ3v) is 6.53. The number of halogens is 3. The fourth-order valence-electron chi connectivity index (χ4n) is 3.59. The normalized spacial score (nSPS) is 11.8. The van der Waals surface area contributed by atoms with E-state index in [4.69, 9.17) is 4.74 Å². The van der Waals surface area contributed by atoms with Gasteiger partial charge in [-0.2, -0.15) is 13.2 Å². The molecule has 0 fully saturated rings. The average molecular weight is 494 g/mol. The van der Waals surface area contributed by atoms with E-state index in [-0.39, 0.29) is 22.4 Å². The minimum absolute atomic E-state index is 0.00626. The number of benzene rings is 2. The standard InChI is InChI=1S/C22H18F3N3O3S2/c1-31-19-15(11-3-4-14-13(8-27-32-2)10-33-18(14)7-11)5-12(6-17(19)22(23,24)25)16-9-26-21(30)28-20(16)29/h3-7,9-10,27H,8H2,1-2H3,(H2,26,28,29,30). The molecule has 3 N–H and O–H groups in total. The van der Waals surface area contributed by atoms with Crippen molar-refractivity contribution in [2.75, 3.05) is 13.4 Å². The molecule has 2 aromatic carbocycles. The van der Waals surface area contributed by atoms with Gasteiger partial charge in [-0.05, 0) is 51.9 Å². The Balaban J connectivity index is 1.95. The molecule has 2 heterocycles. The number of nitrogens with one attached hydrogen (secondary N) is 3. The van der Waals surface area contributed by atoms with Gasteiger partial charge < -0.3 is 9.72 Å². The van der Waals surface area contributed by atoms with Crippen LogP contribution in [0.15, 0.2) is 51.5 Å². The SMILES string of the molecule is COc1c(-c2ccc3c(CNSC)csc3c2)cc(-c2c[nH]c(=O)[nH]c2=O)cc1C(F)(F)F. The topological polar surface area (TPSA) is 87.0 Å². The average Bonchev–Trinajstić information content (AvgIpc) is 3.18. The van der Waals surface area contributed by atoms with Gasteiger partial charge in [0, 0.05) is 23.0 Å². The molecule has 0 saturated heterocycles. The number of aromatic nitrogens is 2. The van der Waals surface area contributed by atoms with Crippen molar-refractivity contribution >= 4 is 33.4 Å². The molecule has 0 bridgehead atoms. The third-order valence-electron chi connectivity index (χ3n) is 5.10. The van der Waals surface area contributed by atoms with E-state index in [9.17, 15) is 22.8 Å². The molecule has 0 atom stereocenters. The lowest BCUT2D eigenvalue weighted by molar-refractivity contribution is -0.138. The van der Waals surface area contributed by atoms with Crippen molar-refractivity contribution < 1.29 is 17.9 Å². The summed E-state index contributed by atoms with van der Waals surface area (Å²) in [6, 6.07) is 7.71. The van der Waals surface area contributed by atoms with E-state index in [0.717, 1.165) is 27.9 Å². The summed E-state index contributed by atoms with van der Waals surface area (Å²) in [5.74, 6) is -0.340. The van der Waals surface area contributed by atoms with Crippen molar-refractivity contribution in [1.82, 2.24) is 14.7 Å². The van der Waals surface area contributed by atoms with Crippen LogP contribution in [0.5, 0.6) is 5.75 Å². The van der Waals surface area contributed by atoms with Gasteiger partial charge in [0.05, 0.1) is 18.2 Å². The molecule has 6 nitrogen and oxygen atoms in total. The first-order valence-electron chi connectivity index (χ1n) is 9.61. The van der Waals surface area contributed by atoms with Crippen molar-refractivity contribution in [3.8, 4) is 28.0 Å². The molecule has 0 saturated carbocycles. The molecule has 0 aliphatic carbocycles. The first-order chi connectivity index (χ1) is 15.7. The van der Waals surface area contributed by atoms with E-state index >= 15 is 0 Å². The molecule has 11 heteroatoms. The van der Waals surface area contributed by atoms with E-state index in [1.807, 2.05) is 28.8 Å². The van der Waals surface area contributed by atoms with Crippen LogP contribution in [-0.4, -0.2) is 23.3 Å². The van der Waals surface area contributed by atoms with E-state index in [0.29, 0.717) is 12.1 Å². The summed E-state index contributed by atoms with van der Waals surface area (Å²) in [7, 11) is 1.18. The van der Waals surface area contributed by atoms with Crippen LogP contribution in [-0.2, 0) is 12.7 Å². The zero-order valence-electron chi connectivity index (χ0n) is 17.4. The number of rotatable bonds is 6. The number of alkyl halides is 3. The molecule has 2 aromatic heterocycles. The minimum atomic E-state index is -4.73. The fourth-order valence-corrected chi connectivity index (χ4v) is 4.89. The van der Waals surface area contributed by atoms with Gasteiger partial charge in [0.2, 0.25) is 0 Å². The molecular weight excluding hydrogens is 475 g/mol. The Kier molecular flexibility index (Phi) is 6.37. The number of fused-ring (bicyclic) bond motifs is 1. The van der Waals surface area contributed by atoms with Crippen LogP contribution in [0.1, 0.15) is 11.1 Å². The lowest BCUT2D eigenvalue weighted by Crippen LogP contribution is -2.22. The summed E-state index contributed by atoms with van der Waals surface area (Å²) in [5, 5.41) is 3.01. The first-order valence-corrected chi connectivity index (χ1v) is 11.7. The number of thiophene rings is 1. The van der Waals surface area contributed by atoms with Gasteiger partial charge in [-0.15, -0.1) is 11.3 Å². The van der Waals surface area contributed by atoms with Crippen LogP contribution >= 0.6 is 23.3 Å². The summed E-state index contributed by atoms with van der Waals surface area (Å²) in [6.07, 6.45) is -1.70. The van der Waals surface area contributed by atoms with E-state index in [1.54, 1.807) is 6.07 Å². The van der Waals surface area contributed by atoms with Gasteiger partial charge >= 0.3 is 11.9 Å². The predicted molar refractivity (Wildman–Crippen MR) is 126 cm³/mol. The molecule has 0 aliphatic rings. The third kappa shape index (κ3) is 4.56. The highest BCUT2D eigenvalue weighted by atomic mass is 32.2. The van der Waals surface area contributed by atoms with E-state index in [1.165, 1.54) is 36.5 Å². The van der Waals surface area contributed by atoms with Gasteiger partial charge in [-0.3, -0.25) is 14.5 Å². The fraction of sp³-hybridized carbons (Fsp3) is 0.182. The summed E-state index contributed by atoms with van der Waals surface area (Å²) in [6.45, 7) is 0.659. The number of hydrogen-bond donors (Lipinski definition) is 3. The van der Waals surface area contributed by atoms with Crippen LogP contribution in [0.2, 0.25) is 0 Å². The van der Waals surface area contributed by atoms with Crippen LogP contribution < -0.4 is 20.7 Å². The van der Waals surface area contributed by atoms with Gasteiger partial charge in [-0.25, -0.2) is 4.79 Å². The molecule has 33 heavy (non-hydrogen) atoms. The van der Waals surface area contributed by atoms with Gasteiger partial charge in [0.15, 0.2) is 0 Å². The highest BCUT2D eigenvalue weighted by Gasteiger charge is 2.36. The maximum atomic E-state index is 13.9. The molecular formula is C22H18F3N3O3S2. The Morgan fingerprint density at radius 3 is 2.58 bits per heavy atom. The minimum Gasteiger partial charge on any atom is -0.495 e. The Labute approximate surface area is 194 Å². The highest BCUT2D eigenvalue weighted by molar-refractivity contribution is 7.96. The Hall–Kier alpha value is -3.02. The summed E-state index contributed by atoms with van der Waals surface area (Å²) in [5.41, 5.74) is -0.845. The second-order valence-corrected chi connectivity index (χ2v) is 8.69. The molecule has 4 rings (SSSR count). The second-order valence-electron chi connectivity index (χ2n) is 7.09. The summed E-state index contributed by atoms with van der Waals surface area (Å²) < 4.78 is 51.1. The van der Waals surface area contributed by atoms with Gasteiger partial charge in [0.25, 0.3) is 5.56 Å². The molecule has 4 aromatic rings. The predicted octanol–water partition coefficient (Wildman–Crippen LogP) is 5.01. The number of methoxy groups -OCH3 is 1. The Morgan fingerprint density at radius 1 is 1.12 bits per heavy atom. The van der Waals surface area contributed by atoms with Crippen molar-refractivity contribution in [2.45, 2.75) is 12.7 Å². The quantitative estimate of drug-likeness (QED) is 0.329. The van der Waals surface area contributed by atoms with Crippen molar-refractivity contribution in [2.24, 2.45) is 0 Å². The monoisotopic (exact) mass is 493 g/mol. The van der Waals surface area contributed by atoms with Gasteiger partial charge in [0.1, 0.15) is 5.75 Å². The zero-order chi connectivity index (χ0) is 23.8. The number of H-pyrrole nitrogens is 2. The van der Waals surface area contributed by atoms with Gasteiger partial charge in [-0.1, -0.05) is 24.1 Å². The lowest BCUT2D eigenvalue weighted by atomic mass is 9.95. The number of hydrogen-bond acceptors (Lipinski definition) is 6. The largest absolute Gasteiger partial charge is 0.495 e. The second kappa shape index (κ2) is 9.08. The van der Waals surface area contributed by atoms with E-state index in [2.05, 4.69) is 9.71 Å². The van der Waals surface area contributed by atoms with Crippen molar-refractivity contribution in [3.05, 3.63) is 73.9 Å². The van der Waals surface area contributed by atoms with Crippen LogP contribution in [0.25, 0.3) is 32.3 Å². The number of ether oxygens (including phenoxy) is 1. The van der Waals surface area contributed by atoms with Crippen LogP contribution in [0.4, 0.5) is 13.2 Å². The zero-order valence-corrected chi connectivity index (χ0v) is 19.1. The maximum Gasteiger partial charge on any atom is 0.420 e. The Morgan fingerprint density at radius 2 is 1.91 bits per heavy atom. The van der Waals surface area contributed by atoms with E-state index < -0.39 is 23.0 Å². The van der Waals surface area contributed by atoms with Crippen molar-refractivity contribution in [1.29, 1.82) is 0 Å². The summed E-state index contributed by atoms with van der Waals surface area (Å²) in [4.78, 5) is 28.0. The molecule has 0 unspecified atom stereocenters. The maximum absolute atomic E-state index is 13.9. The first kappa shape index (κ1) is 23.1. The van der Waals surface area contributed by atoms with Crippen molar-refractivity contribution in [3.63, 3.8) is 0 Å². The van der Waals surface area contributed by atoms with Crippen LogP contribution in [0.3, 0.4) is 0 Å². The Bertz CT molecular complexity index is 1440. The molecule has 0 radical (unpaired) electrons. The molecule has 0 aliphatic heterocycles. The lowest BCUT2D eigenvalue weighted by Gasteiger charge is -2.18. The summed E-state index contributed by atoms with van der Waals surface area (Å²) >= 11 is 2.99. The van der Waals surface area contributed by atoms with Crippen LogP contribution in [0, 0.1) is 0 Å². The number of aromatic amines is 2. The highest BCUT2D eigenvalue weighted by Crippen LogP contribution is 2.45. The smallest absolute Gasteiger partial charge is 0.420 e. The molecule has 0 spiro atoms. The molecule has 0 amide bonds. The molecule has 172 valence electrons.